The molecule has 0 bridgehead atoms. The van der Waals surface area contributed by atoms with Crippen LogP contribution in [-0.2, 0) is 0 Å². The van der Waals surface area contributed by atoms with Gasteiger partial charge in [0.25, 0.3) is 0 Å². The highest BCUT2D eigenvalue weighted by molar-refractivity contribution is 5.52. The molecule has 1 rings (SSSR count). The highest BCUT2D eigenvalue weighted by Gasteiger charge is 2.29. The minimum absolute atomic E-state index is 0.694. The third-order valence-electron chi connectivity index (χ3n) is 4.07. The second kappa shape index (κ2) is 7.13. The summed E-state index contributed by atoms with van der Waals surface area (Å²) >= 11 is 0. The van der Waals surface area contributed by atoms with E-state index in [0.29, 0.717) is 5.92 Å². The summed E-state index contributed by atoms with van der Waals surface area (Å²) in [6, 6.07) is 0. The topological polar surface area (TPSA) is 3.24 Å². The standard InChI is InChI=1S/C17H30N/c1-7-13-14(8-2)16(10-4)17(15(13)9-3)11-12-18(5)6/h11,15H,7-10,12H2,1-6H3. The summed E-state index contributed by atoms with van der Waals surface area (Å²) in [6.45, 7) is 10.3. The minimum Gasteiger partial charge on any atom is -0.309 e. The Kier molecular flexibility index (Phi) is 6.14. The Hall–Kier alpha value is -0.560. The summed E-state index contributed by atoms with van der Waals surface area (Å²) in [5.74, 6) is 0.694. The molecule has 1 heteroatoms. The Morgan fingerprint density at radius 3 is 1.94 bits per heavy atom. The van der Waals surface area contributed by atoms with E-state index in [0.717, 1.165) is 6.54 Å². The van der Waals surface area contributed by atoms with Crippen LogP contribution in [0.1, 0.15) is 53.4 Å². The van der Waals surface area contributed by atoms with Crippen molar-refractivity contribution in [2.24, 2.45) is 5.92 Å². The normalized spacial score (nSPS) is 20.5. The number of hydrogen-bond donors (Lipinski definition) is 0. The average Bonchev–Trinajstić information content (AvgIpc) is 2.67. The highest BCUT2D eigenvalue weighted by atomic mass is 15.0. The maximum absolute atomic E-state index is 2.46. The lowest BCUT2D eigenvalue weighted by atomic mass is 9.88. The van der Waals surface area contributed by atoms with Crippen LogP contribution in [0.25, 0.3) is 0 Å². The van der Waals surface area contributed by atoms with Gasteiger partial charge in [-0.05, 0) is 50.9 Å². The molecule has 1 atom stereocenters. The van der Waals surface area contributed by atoms with Gasteiger partial charge in [-0.3, -0.25) is 0 Å². The highest BCUT2D eigenvalue weighted by Crippen LogP contribution is 2.44. The molecule has 1 radical (unpaired) electrons. The van der Waals surface area contributed by atoms with E-state index in [1.165, 1.54) is 25.7 Å². The van der Waals surface area contributed by atoms with Crippen molar-refractivity contribution < 1.29 is 0 Å². The summed E-state index contributed by atoms with van der Waals surface area (Å²) in [4.78, 5) is 2.25. The molecule has 0 aromatic heterocycles. The van der Waals surface area contributed by atoms with E-state index >= 15 is 0 Å². The van der Waals surface area contributed by atoms with Crippen LogP contribution in [0.4, 0.5) is 0 Å². The Labute approximate surface area is 114 Å². The van der Waals surface area contributed by atoms with Crippen molar-refractivity contribution in [1.82, 2.24) is 4.90 Å². The predicted molar refractivity (Wildman–Crippen MR) is 81.6 cm³/mol. The Bertz CT molecular complexity index is 334. The third kappa shape index (κ3) is 3.06. The molecule has 1 aliphatic rings. The zero-order chi connectivity index (χ0) is 13.7. The number of rotatable bonds is 7. The molecule has 0 spiro atoms. The molecule has 0 aliphatic heterocycles. The van der Waals surface area contributed by atoms with Crippen LogP contribution >= 0.6 is 0 Å². The fraction of sp³-hybridized carbons (Fsp3) is 0.706. The molecule has 0 N–H and O–H groups in total. The molecule has 0 heterocycles. The first kappa shape index (κ1) is 15.5. The van der Waals surface area contributed by atoms with Gasteiger partial charge in [0.05, 0.1) is 0 Å². The molecule has 0 aromatic rings. The van der Waals surface area contributed by atoms with E-state index in [9.17, 15) is 0 Å². The molecule has 0 aromatic carbocycles. The van der Waals surface area contributed by atoms with Crippen LogP contribution in [0.3, 0.4) is 0 Å². The van der Waals surface area contributed by atoms with Crippen LogP contribution in [0.15, 0.2) is 22.3 Å². The second-order valence-electron chi connectivity index (χ2n) is 5.43. The quantitative estimate of drug-likeness (QED) is 0.635. The second-order valence-corrected chi connectivity index (χ2v) is 5.43. The summed E-state index contributed by atoms with van der Waals surface area (Å²) < 4.78 is 0. The molecule has 18 heavy (non-hydrogen) atoms. The lowest BCUT2D eigenvalue weighted by molar-refractivity contribution is 0.440. The van der Waals surface area contributed by atoms with Gasteiger partial charge in [-0.25, -0.2) is 0 Å². The summed E-state index contributed by atoms with van der Waals surface area (Å²) in [7, 11) is 4.29. The molecule has 0 fully saturated rings. The molecule has 1 aliphatic carbocycles. The van der Waals surface area contributed by atoms with Gasteiger partial charge in [0, 0.05) is 18.9 Å². The van der Waals surface area contributed by atoms with Crippen molar-refractivity contribution in [1.29, 1.82) is 0 Å². The molecule has 1 nitrogen and oxygen atoms in total. The number of allylic oxidation sites excluding steroid dienone is 3. The van der Waals surface area contributed by atoms with Crippen molar-refractivity contribution in [3.63, 3.8) is 0 Å². The average molecular weight is 248 g/mol. The first-order valence-corrected chi connectivity index (χ1v) is 7.53. The minimum atomic E-state index is 0.694. The largest absolute Gasteiger partial charge is 0.309 e. The van der Waals surface area contributed by atoms with Crippen molar-refractivity contribution in [2.45, 2.75) is 53.4 Å². The summed E-state index contributed by atoms with van der Waals surface area (Å²) in [5.41, 5.74) is 6.64. The molecule has 103 valence electrons. The van der Waals surface area contributed by atoms with Gasteiger partial charge in [0.1, 0.15) is 0 Å². The smallest absolute Gasteiger partial charge is 0.00476 e. The van der Waals surface area contributed by atoms with E-state index in [4.69, 9.17) is 0 Å². The summed E-state index contributed by atoms with van der Waals surface area (Å²) in [6.07, 6.45) is 7.30. The molecular weight excluding hydrogens is 218 g/mol. The van der Waals surface area contributed by atoms with Gasteiger partial charge in [0.2, 0.25) is 0 Å². The lowest BCUT2D eigenvalue weighted by Gasteiger charge is -2.19. The van der Waals surface area contributed by atoms with Gasteiger partial charge in [-0.2, -0.15) is 0 Å². The van der Waals surface area contributed by atoms with Crippen LogP contribution in [0.5, 0.6) is 0 Å². The van der Waals surface area contributed by atoms with Crippen molar-refractivity contribution in [3.05, 3.63) is 28.7 Å². The van der Waals surface area contributed by atoms with E-state index in [2.05, 4.69) is 53.1 Å². The van der Waals surface area contributed by atoms with E-state index in [1.54, 1.807) is 22.3 Å². The van der Waals surface area contributed by atoms with Crippen LogP contribution in [0.2, 0.25) is 0 Å². The SMILES string of the molecule is CCC1=C([CH]CN(C)C)C(CC)C(CC)=C1CC. The zero-order valence-electron chi connectivity index (χ0n) is 13.1. The van der Waals surface area contributed by atoms with Gasteiger partial charge < -0.3 is 4.90 Å². The van der Waals surface area contributed by atoms with Crippen LogP contribution in [0, 0.1) is 12.3 Å². The fourth-order valence-corrected chi connectivity index (χ4v) is 3.31. The molecule has 0 saturated heterocycles. The van der Waals surface area contributed by atoms with Gasteiger partial charge in [-0.1, -0.05) is 38.8 Å². The number of nitrogens with zero attached hydrogens (tertiary/aromatic N) is 1. The molecule has 1 unspecified atom stereocenters. The first-order chi connectivity index (χ1) is 8.60. The van der Waals surface area contributed by atoms with Crippen LogP contribution < -0.4 is 0 Å². The van der Waals surface area contributed by atoms with Gasteiger partial charge >= 0.3 is 0 Å². The van der Waals surface area contributed by atoms with Crippen molar-refractivity contribution in [3.8, 4) is 0 Å². The van der Waals surface area contributed by atoms with Crippen molar-refractivity contribution >= 4 is 0 Å². The summed E-state index contributed by atoms with van der Waals surface area (Å²) in [5, 5.41) is 0. The molecule has 0 amide bonds. The third-order valence-corrected chi connectivity index (χ3v) is 4.07. The van der Waals surface area contributed by atoms with E-state index in [-0.39, 0.29) is 0 Å². The van der Waals surface area contributed by atoms with Crippen molar-refractivity contribution in [2.75, 3.05) is 20.6 Å². The van der Waals surface area contributed by atoms with E-state index < -0.39 is 0 Å². The fourth-order valence-electron chi connectivity index (χ4n) is 3.31. The Balaban J connectivity index is 3.04. The lowest BCUT2D eigenvalue weighted by Crippen LogP contribution is -2.16. The van der Waals surface area contributed by atoms with Gasteiger partial charge in [0.15, 0.2) is 0 Å². The molecular formula is C17H30N. The Morgan fingerprint density at radius 2 is 1.56 bits per heavy atom. The predicted octanol–water partition coefficient (Wildman–Crippen LogP) is 4.62. The number of hydrogen-bond acceptors (Lipinski definition) is 1. The maximum atomic E-state index is 2.46. The Morgan fingerprint density at radius 1 is 0.944 bits per heavy atom. The molecule has 0 saturated carbocycles. The monoisotopic (exact) mass is 248 g/mol. The van der Waals surface area contributed by atoms with Crippen LogP contribution in [-0.4, -0.2) is 25.5 Å². The zero-order valence-corrected chi connectivity index (χ0v) is 13.1. The van der Waals surface area contributed by atoms with E-state index in [1.807, 2.05) is 0 Å². The van der Waals surface area contributed by atoms with Gasteiger partial charge in [-0.15, -0.1) is 0 Å². The maximum Gasteiger partial charge on any atom is 0.00476 e. The first-order valence-electron chi connectivity index (χ1n) is 7.53.